The summed E-state index contributed by atoms with van der Waals surface area (Å²) >= 11 is 1.69. The number of hydrogen-bond donors (Lipinski definition) is 3. The van der Waals surface area contributed by atoms with Gasteiger partial charge in [-0.1, -0.05) is 48.3 Å². The maximum Gasteiger partial charge on any atom is 0.251 e. The van der Waals surface area contributed by atoms with Crippen LogP contribution in [0.2, 0.25) is 0 Å². The van der Waals surface area contributed by atoms with Crippen LogP contribution >= 0.6 is 11.9 Å². The molecule has 0 aliphatic carbocycles. The molecule has 0 bridgehead atoms. The van der Waals surface area contributed by atoms with Crippen molar-refractivity contribution in [1.82, 2.24) is 15.2 Å². The molecule has 0 saturated heterocycles. The topological polar surface area (TPSA) is 84.0 Å². The average molecular weight is 516 g/mol. The SMILES string of the molecule is CCNC(=O)c1ccc2c(C(=Nc3ccc(N(CCN(C)C)SC)cc3)c3ccccc3)c(O)[nH]c2c1. The maximum atomic E-state index is 12.3. The molecule has 1 heterocycles. The zero-order chi connectivity index (χ0) is 26.4. The lowest BCUT2D eigenvalue weighted by molar-refractivity contribution is 0.0956. The minimum absolute atomic E-state index is 0.0134. The number of fused-ring (bicyclic) bond motifs is 1. The van der Waals surface area contributed by atoms with E-state index in [9.17, 15) is 9.90 Å². The molecule has 1 amide bonds. The molecule has 0 radical (unpaired) electrons. The molecule has 4 rings (SSSR count). The predicted octanol–water partition coefficient (Wildman–Crippen LogP) is 5.44. The van der Waals surface area contributed by atoms with Crippen molar-refractivity contribution in [2.45, 2.75) is 6.92 Å². The van der Waals surface area contributed by atoms with Gasteiger partial charge in [0.2, 0.25) is 0 Å². The Morgan fingerprint density at radius 2 is 1.73 bits per heavy atom. The minimum atomic E-state index is -0.151. The third-order valence-corrected chi connectivity index (χ3v) is 6.85. The number of hydrogen-bond acceptors (Lipinski definition) is 6. The molecule has 7 nitrogen and oxygen atoms in total. The number of carbonyl (C=O) groups is 1. The van der Waals surface area contributed by atoms with E-state index in [0.29, 0.717) is 28.9 Å². The highest BCUT2D eigenvalue weighted by Crippen LogP contribution is 2.33. The van der Waals surface area contributed by atoms with Crippen LogP contribution in [0.4, 0.5) is 11.4 Å². The molecule has 4 aromatic rings. The summed E-state index contributed by atoms with van der Waals surface area (Å²) in [5.41, 5.74) is 5.23. The summed E-state index contributed by atoms with van der Waals surface area (Å²) < 4.78 is 2.25. The summed E-state index contributed by atoms with van der Waals surface area (Å²) in [7, 11) is 4.14. The number of benzene rings is 3. The number of aliphatic imine (C=N–C) groups is 1. The van der Waals surface area contributed by atoms with Crippen LogP contribution in [0.25, 0.3) is 10.9 Å². The molecule has 0 fully saturated rings. The Kier molecular flexibility index (Phi) is 8.53. The largest absolute Gasteiger partial charge is 0.494 e. The second-order valence-corrected chi connectivity index (χ2v) is 9.71. The number of amides is 1. The van der Waals surface area contributed by atoms with Crippen molar-refractivity contribution in [3.05, 3.63) is 89.5 Å². The van der Waals surface area contributed by atoms with Crippen molar-refractivity contribution in [2.75, 3.05) is 44.3 Å². The minimum Gasteiger partial charge on any atom is -0.494 e. The fraction of sp³-hybridized carbons (Fsp3) is 0.241. The monoisotopic (exact) mass is 515 g/mol. The molecule has 0 aliphatic heterocycles. The van der Waals surface area contributed by atoms with Gasteiger partial charge in [-0.05, 0) is 57.4 Å². The van der Waals surface area contributed by atoms with E-state index < -0.39 is 0 Å². The summed E-state index contributed by atoms with van der Waals surface area (Å²) in [5.74, 6) is -0.138. The van der Waals surface area contributed by atoms with Crippen LogP contribution in [0.15, 0.2) is 77.8 Å². The first-order valence-corrected chi connectivity index (χ1v) is 13.4. The van der Waals surface area contributed by atoms with Gasteiger partial charge >= 0.3 is 0 Å². The summed E-state index contributed by atoms with van der Waals surface area (Å²) in [6.07, 6.45) is 2.08. The van der Waals surface area contributed by atoms with Crippen LogP contribution in [0.5, 0.6) is 5.88 Å². The Hall–Kier alpha value is -3.75. The van der Waals surface area contributed by atoms with Crippen molar-refractivity contribution < 1.29 is 9.90 Å². The molecule has 1 aromatic heterocycles. The number of aromatic nitrogens is 1. The van der Waals surface area contributed by atoms with Crippen molar-refractivity contribution in [2.24, 2.45) is 4.99 Å². The predicted molar refractivity (Wildman–Crippen MR) is 156 cm³/mol. The Labute approximate surface area is 222 Å². The quantitative estimate of drug-likeness (QED) is 0.194. The van der Waals surface area contributed by atoms with Gasteiger partial charge in [-0.15, -0.1) is 0 Å². The highest BCUT2D eigenvalue weighted by Gasteiger charge is 2.20. The van der Waals surface area contributed by atoms with Crippen LogP contribution in [0.1, 0.15) is 28.4 Å². The molecule has 8 heteroatoms. The summed E-state index contributed by atoms with van der Waals surface area (Å²) in [4.78, 5) is 22.5. The number of H-pyrrole nitrogens is 1. The van der Waals surface area contributed by atoms with E-state index in [0.717, 1.165) is 35.4 Å². The number of nitrogens with zero attached hydrogens (tertiary/aromatic N) is 3. The van der Waals surface area contributed by atoms with E-state index >= 15 is 0 Å². The first-order valence-electron chi connectivity index (χ1n) is 12.2. The van der Waals surface area contributed by atoms with E-state index in [1.165, 1.54) is 0 Å². The Bertz CT molecular complexity index is 1380. The Morgan fingerprint density at radius 3 is 2.38 bits per heavy atom. The first-order chi connectivity index (χ1) is 17.9. The van der Waals surface area contributed by atoms with Gasteiger partial charge in [-0.25, -0.2) is 4.99 Å². The fourth-order valence-electron chi connectivity index (χ4n) is 4.13. The number of anilines is 1. The third kappa shape index (κ3) is 6.15. The number of aromatic amines is 1. The normalized spacial score (nSPS) is 11.8. The van der Waals surface area contributed by atoms with E-state index in [1.807, 2.05) is 55.5 Å². The highest BCUT2D eigenvalue weighted by molar-refractivity contribution is 7.99. The standard InChI is InChI=1S/C29H33N5O2S/c1-5-30-28(35)21-11-16-24-25(19-21)32-29(36)26(24)27(20-9-7-6-8-10-20)31-22-12-14-23(15-13-22)34(37-4)18-17-33(2)3/h6-16,19,32,36H,5,17-18H2,1-4H3,(H,30,35). The lowest BCUT2D eigenvalue weighted by Crippen LogP contribution is -2.26. The number of carbonyl (C=O) groups excluding carboxylic acids is 1. The molecule has 192 valence electrons. The Balaban J connectivity index is 1.75. The molecule has 0 aliphatic rings. The van der Waals surface area contributed by atoms with Gasteiger partial charge in [0, 0.05) is 53.6 Å². The van der Waals surface area contributed by atoms with Crippen molar-refractivity contribution >= 4 is 45.8 Å². The van der Waals surface area contributed by atoms with Crippen molar-refractivity contribution in [3.8, 4) is 5.88 Å². The van der Waals surface area contributed by atoms with Gasteiger partial charge in [0.1, 0.15) is 0 Å². The summed E-state index contributed by atoms with van der Waals surface area (Å²) in [6.45, 7) is 4.30. The number of likely N-dealkylation sites (N-methyl/N-ethyl adjacent to an activating group) is 1. The van der Waals surface area contributed by atoms with Gasteiger partial charge in [-0.2, -0.15) is 0 Å². The van der Waals surface area contributed by atoms with Crippen LogP contribution < -0.4 is 9.62 Å². The van der Waals surface area contributed by atoms with E-state index in [-0.39, 0.29) is 11.8 Å². The molecule has 3 aromatic carbocycles. The van der Waals surface area contributed by atoms with E-state index in [4.69, 9.17) is 4.99 Å². The van der Waals surface area contributed by atoms with E-state index in [2.05, 4.69) is 52.0 Å². The molecular weight excluding hydrogens is 482 g/mol. The number of nitrogens with one attached hydrogen (secondary N) is 2. The highest BCUT2D eigenvalue weighted by atomic mass is 32.2. The van der Waals surface area contributed by atoms with Crippen molar-refractivity contribution in [1.29, 1.82) is 0 Å². The molecule has 0 spiro atoms. The Morgan fingerprint density at radius 1 is 1.00 bits per heavy atom. The molecule has 0 saturated carbocycles. The van der Waals surface area contributed by atoms with Gasteiger partial charge in [-0.3, -0.25) is 4.79 Å². The van der Waals surface area contributed by atoms with Gasteiger partial charge < -0.3 is 24.6 Å². The average Bonchev–Trinajstić information content (AvgIpc) is 3.23. The molecular formula is C29H33N5O2S. The lowest BCUT2D eigenvalue weighted by Gasteiger charge is -2.23. The van der Waals surface area contributed by atoms with E-state index in [1.54, 1.807) is 24.1 Å². The molecule has 3 N–H and O–H groups in total. The zero-order valence-electron chi connectivity index (χ0n) is 21.7. The number of aromatic hydroxyl groups is 1. The lowest BCUT2D eigenvalue weighted by atomic mass is 10.00. The maximum absolute atomic E-state index is 12.3. The second-order valence-electron chi connectivity index (χ2n) is 8.90. The van der Waals surface area contributed by atoms with Gasteiger partial charge in [0.25, 0.3) is 5.91 Å². The fourth-order valence-corrected chi connectivity index (χ4v) is 4.72. The summed E-state index contributed by atoms with van der Waals surface area (Å²) in [6, 6.07) is 23.3. The van der Waals surface area contributed by atoms with Crippen LogP contribution in [-0.4, -0.2) is 66.6 Å². The van der Waals surface area contributed by atoms with Crippen LogP contribution in [0.3, 0.4) is 0 Å². The first kappa shape index (κ1) is 26.3. The molecule has 0 unspecified atom stereocenters. The second kappa shape index (κ2) is 12.0. The third-order valence-electron chi connectivity index (χ3n) is 6.01. The van der Waals surface area contributed by atoms with Crippen molar-refractivity contribution in [3.63, 3.8) is 0 Å². The van der Waals surface area contributed by atoms with Crippen LogP contribution in [0, 0.1) is 0 Å². The molecule has 37 heavy (non-hydrogen) atoms. The van der Waals surface area contributed by atoms with Gasteiger partial charge in [0.05, 0.1) is 17.0 Å². The summed E-state index contributed by atoms with van der Waals surface area (Å²) in [5, 5.41) is 14.6. The van der Waals surface area contributed by atoms with Gasteiger partial charge in [0.15, 0.2) is 5.88 Å². The zero-order valence-corrected chi connectivity index (χ0v) is 22.5. The molecule has 0 atom stereocenters. The number of rotatable bonds is 10. The smallest absolute Gasteiger partial charge is 0.251 e. The van der Waals surface area contributed by atoms with Crippen LogP contribution in [-0.2, 0) is 0 Å².